The molecule has 0 aromatic rings. The van der Waals surface area contributed by atoms with E-state index in [1.54, 1.807) is 0 Å². The molecule has 3 nitrogen and oxygen atoms in total. The van der Waals surface area contributed by atoms with Gasteiger partial charge in [-0.2, -0.15) is 0 Å². The molecule has 0 amide bonds. The Hall–Kier alpha value is -0.380. The Labute approximate surface area is 99.5 Å². The number of rotatable bonds is 3. The lowest BCUT2D eigenvalue weighted by molar-refractivity contribution is 0.0867. The molecule has 0 radical (unpaired) electrons. The smallest absolute Gasteiger partial charge is 0.0188 e. The number of piperidine rings is 1. The van der Waals surface area contributed by atoms with Gasteiger partial charge in [0.1, 0.15) is 0 Å². The van der Waals surface area contributed by atoms with Gasteiger partial charge in [0.25, 0.3) is 0 Å². The summed E-state index contributed by atoms with van der Waals surface area (Å²) in [7, 11) is 0. The lowest BCUT2D eigenvalue weighted by Crippen LogP contribution is -2.52. The monoisotopic (exact) mass is 223 g/mol. The van der Waals surface area contributed by atoms with Gasteiger partial charge in [0.2, 0.25) is 0 Å². The second kappa shape index (κ2) is 5.80. The molecule has 0 aromatic heterocycles. The average molecular weight is 223 g/mol. The average Bonchev–Trinajstić information content (AvgIpc) is 2.30. The van der Waals surface area contributed by atoms with Crippen LogP contribution in [0, 0.1) is 0 Å². The van der Waals surface area contributed by atoms with Crippen molar-refractivity contribution in [3.63, 3.8) is 0 Å². The zero-order valence-electron chi connectivity index (χ0n) is 10.5. The predicted molar refractivity (Wildman–Crippen MR) is 68.7 cm³/mol. The van der Waals surface area contributed by atoms with Crippen LogP contribution in [0.3, 0.4) is 0 Å². The van der Waals surface area contributed by atoms with Gasteiger partial charge in [-0.3, -0.25) is 9.80 Å². The summed E-state index contributed by atoms with van der Waals surface area (Å²) in [6, 6.07) is 0.841. The number of nitrogens with one attached hydrogen (secondary N) is 1. The van der Waals surface area contributed by atoms with Crippen LogP contribution >= 0.6 is 0 Å². The van der Waals surface area contributed by atoms with Crippen molar-refractivity contribution in [2.24, 2.45) is 0 Å². The lowest BCUT2D eigenvalue weighted by atomic mass is 10.0. The molecule has 16 heavy (non-hydrogen) atoms. The summed E-state index contributed by atoms with van der Waals surface area (Å²) in [6.45, 7) is 14.5. The van der Waals surface area contributed by atoms with E-state index in [2.05, 4.69) is 28.6 Å². The summed E-state index contributed by atoms with van der Waals surface area (Å²) in [5.41, 5.74) is 1.29. The number of hydrogen-bond acceptors (Lipinski definition) is 3. The summed E-state index contributed by atoms with van der Waals surface area (Å²) in [5, 5.41) is 3.44. The maximum Gasteiger partial charge on any atom is 0.0188 e. The van der Waals surface area contributed by atoms with Gasteiger partial charge in [-0.25, -0.2) is 0 Å². The summed E-state index contributed by atoms with van der Waals surface area (Å²) in [4.78, 5) is 5.22. The third-order valence-corrected chi connectivity index (χ3v) is 3.73. The molecule has 92 valence electrons. The van der Waals surface area contributed by atoms with E-state index in [0.717, 1.165) is 12.6 Å². The van der Waals surface area contributed by atoms with Crippen molar-refractivity contribution in [1.82, 2.24) is 15.1 Å². The van der Waals surface area contributed by atoms with Crippen LogP contribution in [0.2, 0.25) is 0 Å². The molecular weight excluding hydrogens is 198 g/mol. The van der Waals surface area contributed by atoms with E-state index in [1.165, 1.54) is 57.7 Å². The van der Waals surface area contributed by atoms with Crippen LogP contribution in [-0.4, -0.2) is 61.7 Å². The first-order valence-electron chi connectivity index (χ1n) is 6.57. The lowest BCUT2D eigenvalue weighted by Gasteiger charge is -2.40. The van der Waals surface area contributed by atoms with Crippen LogP contribution in [0.5, 0.6) is 0 Å². The standard InChI is InChI=1S/C13H25N3/c1-12(2)11-15-7-9-16(10-8-15)13-3-5-14-6-4-13/h13-14H,1,3-11H2,2H3. The molecule has 2 aliphatic rings. The van der Waals surface area contributed by atoms with E-state index < -0.39 is 0 Å². The topological polar surface area (TPSA) is 18.5 Å². The molecule has 2 fully saturated rings. The van der Waals surface area contributed by atoms with Crippen molar-refractivity contribution < 1.29 is 0 Å². The fourth-order valence-corrected chi connectivity index (χ4v) is 2.84. The molecule has 1 N–H and O–H groups in total. The van der Waals surface area contributed by atoms with Crippen LogP contribution in [0.4, 0.5) is 0 Å². The first-order valence-corrected chi connectivity index (χ1v) is 6.57. The molecule has 2 saturated heterocycles. The quantitative estimate of drug-likeness (QED) is 0.718. The molecule has 0 bridgehead atoms. The fraction of sp³-hybridized carbons (Fsp3) is 0.846. The molecule has 0 aliphatic carbocycles. The van der Waals surface area contributed by atoms with Crippen molar-refractivity contribution in [3.05, 3.63) is 12.2 Å². The maximum atomic E-state index is 3.99. The van der Waals surface area contributed by atoms with Crippen LogP contribution in [0.1, 0.15) is 19.8 Å². The van der Waals surface area contributed by atoms with Gasteiger partial charge in [0.15, 0.2) is 0 Å². The first-order chi connectivity index (χ1) is 7.75. The number of hydrogen-bond donors (Lipinski definition) is 1. The van der Waals surface area contributed by atoms with Gasteiger partial charge >= 0.3 is 0 Å². The van der Waals surface area contributed by atoms with E-state index in [1.807, 2.05) is 0 Å². The van der Waals surface area contributed by atoms with E-state index in [0.29, 0.717) is 0 Å². The molecule has 2 heterocycles. The van der Waals surface area contributed by atoms with Crippen molar-refractivity contribution in [1.29, 1.82) is 0 Å². The Morgan fingerprint density at radius 1 is 1.19 bits per heavy atom. The second-order valence-corrected chi connectivity index (χ2v) is 5.25. The molecule has 0 unspecified atom stereocenters. The third kappa shape index (κ3) is 3.30. The molecule has 0 saturated carbocycles. The number of piperazine rings is 1. The van der Waals surface area contributed by atoms with E-state index in [-0.39, 0.29) is 0 Å². The van der Waals surface area contributed by atoms with Gasteiger partial charge in [0.05, 0.1) is 0 Å². The zero-order chi connectivity index (χ0) is 11.4. The van der Waals surface area contributed by atoms with E-state index in [4.69, 9.17) is 0 Å². The van der Waals surface area contributed by atoms with Crippen molar-refractivity contribution in [2.45, 2.75) is 25.8 Å². The van der Waals surface area contributed by atoms with Crippen LogP contribution < -0.4 is 5.32 Å². The zero-order valence-corrected chi connectivity index (χ0v) is 10.5. The Balaban J connectivity index is 1.73. The molecule has 2 rings (SSSR count). The van der Waals surface area contributed by atoms with Crippen LogP contribution in [-0.2, 0) is 0 Å². The molecule has 2 aliphatic heterocycles. The van der Waals surface area contributed by atoms with E-state index in [9.17, 15) is 0 Å². The molecule has 0 aromatic carbocycles. The molecule has 3 heteroatoms. The highest BCUT2D eigenvalue weighted by Gasteiger charge is 2.24. The molecule has 0 spiro atoms. The minimum Gasteiger partial charge on any atom is -0.317 e. The number of nitrogens with zero attached hydrogens (tertiary/aromatic N) is 2. The van der Waals surface area contributed by atoms with Crippen LogP contribution in [0.25, 0.3) is 0 Å². The first kappa shape index (κ1) is 12.1. The highest BCUT2D eigenvalue weighted by Crippen LogP contribution is 2.14. The van der Waals surface area contributed by atoms with Crippen LogP contribution in [0.15, 0.2) is 12.2 Å². The summed E-state index contributed by atoms with van der Waals surface area (Å²) >= 11 is 0. The summed E-state index contributed by atoms with van der Waals surface area (Å²) < 4.78 is 0. The minimum absolute atomic E-state index is 0.841. The van der Waals surface area contributed by atoms with Crippen molar-refractivity contribution in [2.75, 3.05) is 45.8 Å². The predicted octanol–water partition coefficient (Wildman–Crippen LogP) is 0.932. The normalized spacial score (nSPS) is 25.8. The summed E-state index contributed by atoms with van der Waals surface area (Å²) in [6.07, 6.45) is 2.67. The van der Waals surface area contributed by atoms with Gasteiger partial charge in [0, 0.05) is 38.8 Å². The SMILES string of the molecule is C=C(C)CN1CCN(C2CCNCC2)CC1. The molecule has 0 atom stereocenters. The highest BCUT2D eigenvalue weighted by molar-refractivity contribution is 4.93. The minimum atomic E-state index is 0.841. The Morgan fingerprint density at radius 3 is 2.38 bits per heavy atom. The Morgan fingerprint density at radius 2 is 1.81 bits per heavy atom. The van der Waals surface area contributed by atoms with Gasteiger partial charge < -0.3 is 5.32 Å². The second-order valence-electron chi connectivity index (χ2n) is 5.25. The van der Waals surface area contributed by atoms with Gasteiger partial charge in [-0.1, -0.05) is 12.2 Å². The summed E-state index contributed by atoms with van der Waals surface area (Å²) in [5.74, 6) is 0. The van der Waals surface area contributed by atoms with E-state index >= 15 is 0 Å². The van der Waals surface area contributed by atoms with Gasteiger partial charge in [-0.15, -0.1) is 0 Å². The van der Waals surface area contributed by atoms with Gasteiger partial charge in [-0.05, 0) is 32.9 Å². The van der Waals surface area contributed by atoms with Crippen molar-refractivity contribution in [3.8, 4) is 0 Å². The molecular formula is C13H25N3. The Bertz CT molecular complexity index is 225. The Kier molecular flexibility index (Phi) is 4.38. The maximum absolute atomic E-state index is 3.99. The highest BCUT2D eigenvalue weighted by atomic mass is 15.3. The largest absolute Gasteiger partial charge is 0.317 e. The van der Waals surface area contributed by atoms with Crippen molar-refractivity contribution >= 4 is 0 Å². The fourth-order valence-electron chi connectivity index (χ4n) is 2.84. The third-order valence-electron chi connectivity index (χ3n) is 3.73.